The van der Waals surface area contributed by atoms with Gasteiger partial charge in [0, 0.05) is 19.3 Å². The molecule has 2 saturated carbocycles. The zero-order valence-corrected chi connectivity index (χ0v) is 13.4. The molecule has 2 N–H and O–H groups in total. The molecule has 4 heteroatoms. The minimum atomic E-state index is 0.0620. The molecule has 1 aromatic rings. The van der Waals surface area contributed by atoms with E-state index in [-0.39, 0.29) is 5.91 Å². The van der Waals surface area contributed by atoms with Gasteiger partial charge < -0.3 is 10.6 Å². The van der Waals surface area contributed by atoms with Gasteiger partial charge in [-0.05, 0) is 65.1 Å². The van der Waals surface area contributed by atoms with Crippen molar-refractivity contribution in [1.29, 1.82) is 0 Å². The summed E-state index contributed by atoms with van der Waals surface area (Å²) in [6.07, 6.45) is 5.45. The Kier molecular flexibility index (Phi) is 3.76. The smallest absolute Gasteiger partial charge is 0.254 e. The van der Waals surface area contributed by atoms with Crippen LogP contribution in [0.3, 0.4) is 0 Å². The molecule has 2 bridgehead atoms. The van der Waals surface area contributed by atoms with Gasteiger partial charge in [0.1, 0.15) is 0 Å². The maximum absolute atomic E-state index is 12.6. The number of hydrogen-bond donors (Lipinski definition) is 1. The molecule has 0 aliphatic heterocycles. The molecule has 2 aliphatic carbocycles. The minimum absolute atomic E-state index is 0.0620. The van der Waals surface area contributed by atoms with Gasteiger partial charge in [-0.25, -0.2) is 0 Å². The lowest BCUT2D eigenvalue weighted by Gasteiger charge is -2.27. The van der Waals surface area contributed by atoms with Crippen LogP contribution in [0.1, 0.15) is 36.0 Å². The van der Waals surface area contributed by atoms with E-state index in [1.165, 1.54) is 25.7 Å². The number of rotatable bonds is 3. The highest BCUT2D eigenvalue weighted by atomic mass is 79.9. The second-order valence-corrected chi connectivity index (χ2v) is 7.12. The number of hydrogen-bond acceptors (Lipinski definition) is 2. The molecule has 3 nitrogen and oxygen atoms in total. The van der Waals surface area contributed by atoms with Gasteiger partial charge in [-0.3, -0.25) is 4.79 Å². The average molecular weight is 337 g/mol. The number of fused-ring (bicyclic) bond motifs is 2. The first-order chi connectivity index (χ1) is 9.56. The minimum Gasteiger partial charge on any atom is -0.398 e. The van der Waals surface area contributed by atoms with E-state index in [0.717, 1.165) is 18.4 Å². The van der Waals surface area contributed by atoms with Gasteiger partial charge in [-0.15, -0.1) is 0 Å². The Hall–Kier alpha value is -1.03. The van der Waals surface area contributed by atoms with Crippen molar-refractivity contribution in [3.8, 4) is 0 Å². The van der Waals surface area contributed by atoms with Gasteiger partial charge in [0.05, 0.1) is 10.0 Å². The topological polar surface area (TPSA) is 46.3 Å². The van der Waals surface area contributed by atoms with Crippen molar-refractivity contribution in [2.45, 2.75) is 25.7 Å². The Morgan fingerprint density at radius 2 is 2.20 bits per heavy atom. The molecule has 3 unspecified atom stereocenters. The molecule has 20 heavy (non-hydrogen) atoms. The third-order valence-electron chi connectivity index (χ3n) is 5.00. The van der Waals surface area contributed by atoms with E-state index in [0.29, 0.717) is 21.6 Å². The summed E-state index contributed by atoms with van der Waals surface area (Å²) in [4.78, 5) is 14.4. The first kappa shape index (κ1) is 13.9. The van der Waals surface area contributed by atoms with E-state index in [9.17, 15) is 4.79 Å². The Morgan fingerprint density at radius 1 is 1.40 bits per heavy atom. The Balaban J connectivity index is 1.69. The summed E-state index contributed by atoms with van der Waals surface area (Å²) in [5.74, 6) is 2.53. The van der Waals surface area contributed by atoms with Crippen LogP contribution in [-0.2, 0) is 0 Å². The number of nitrogens with zero attached hydrogens (tertiary/aromatic N) is 1. The van der Waals surface area contributed by atoms with Crippen LogP contribution in [0.4, 0.5) is 5.69 Å². The maximum atomic E-state index is 12.6. The Bertz CT molecular complexity index is 531. The summed E-state index contributed by atoms with van der Waals surface area (Å²) in [6.45, 7) is 0.876. The lowest BCUT2D eigenvalue weighted by Crippen LogP contribution is -2.34. The van der Waals surface area contributed by atoms with Gasteiger partial charge in [0.25, 0.3) is 5.91 Å². The SMILES string of the molecule is CN(CC1CC2CCC1C2)C(=O)c1cccc(N)c1Br. The highest BCUT2D eigenvalue weighted by molar-refractivity contribution is 9.10. The first-order valence-corrected chi connectivity index (χ1v) is 8.15. The van der Waals surface area contributed by atoms with E-state index < -0.39 is 0 Å². The fourth-order valence-electron chi connectivity index (χ4n) is 3.96. The molecule has 2 fully saturated rings. The molecule has 108 valence electrons. The van der Waals surface area contributed by atoms with Crippen LogP contribution in [0, 0.1) is 17.8 Å². The third kappa shape index (κ3) is 2.46. The number of benzene rings is 1. The van der Waals surface area contributed by atoms with Crippen LogP contribution in [0.15, 0.2) is 22.7 Å². The molecule has 1 amide bonds. The monoisotopic (exact) mass is 336 g/mol. The fourth-order valence-corrected chi connectivity index (χ4v) is 4.39. The summed E-state index contributed by atoms with van der Waals surface area (Å²) >= 11 is 3.42. The highest BCUT2D eigenvalue weighted by Gasteiger charge is 2.40. The number of nitrogens with two attached hydrogens (primary N) is 1. The molecule has 2 aliphatic rings. The molecular formula is C16H21BrN2O. The second kappa shape index (κ2) is 5.40. The van der Waals surface area contributed by atoms with Crippen molar-refractivity contribution < 1.29 is 4.79 Å². The third-order valence-corrected chi connectivity index (χ3v) is 5.88. The van der Waals surface area contributed by atoms with E-state index in [1.54, 1.807) is 6.07 Å². The Morgan fingerprint density at radius 3 is 2.85 bits per heavy atom. The van der Waals surface area contributed by atoms with Crippen LogP contribution < -0.4 is 5.73 Å². The van der Waals surface area contributed by atoms with E-state index in [4.69, 9.17) is 5.73 Å². The van der Waals surface area contributed by atoms with Gasteiger partial charge in [0.15, 0.2) is 0 Å². The van der Waals surface area contributed by atoms with Crippen LogP contribution in [-0.4, -0.2) is 24.4 Å². The van der Waals surface area contributed by atoms with Crippen molar-refractivity contribution in [2.24, 2.45) is 17.8 Å². The molecule has 0 heterocycles. The molecule has 1 aromatic carbocycles. The van der Waals surface area contributed by atoms with Crippen LogP contribution in [0.5, 0.6) is 0 Å². The lowest BCUT2D eigenvalue weighted by molar-refractivity contribution is 0.0753. The van der Waals surface area contributed by atoms with Crippen LogP contribution >= 0.6 is 15.9 Å². The van der Waals surface area contributed by atoms with Crippen molar-refractivity contribution in [3.63, 3.8) is 0 Å². The van der Waals surface area contributed by atoms with Crippen molar-refractivity contribution >= 4 is 27.5 Å². The molecule has 0 radical (unpaired) electrons. The van der Waals surface area contributed by atoms with Crippen molar-refractivity contribution in [2.75, 3.05) is 19.3 Å². The summed E-state index contributed by atoms with van der Waals surface area (Å²) in [5.41, 5.74) is 7.13. The van der Waals surface area contributed by atoms with Gasteiger partial charge in [-0.1, -0.05) is 12.5 Å². The van der Waals surface area contributed by atoms with E-state index in [1.807, 2.05) is 24.1 Å². The molecule has 0 saturated heterocycles. The standard InChI is InChI=1S/C16H21BrN2O/c1-19(9-12-8-10-5-6-11(12)7-10)16(20)13-3-2-4-14(18)15(13)17/h2-4,10-12H,5-9,18H2,1H3. The predicted octanol–water partition coefficient (Wildman–Crippen LogP) is 3.54. The summed E-state index contributed by atoms with van der Waals surface area (Å²) in [5, 5.41) is 0. The van der Waals surface area contributed by atoms with Crippen LogP contribution in [0.2, 0.25) is 0 Å². The quantitative estimate of drug-likeness (QED) is 0.858. The largest absolute Gasteiger partial charge is 0.398 e. The molecule has 3 atom stereocenters. The normalized spacial score (nSPS) is 27.8. The lowest BCUT2D eigenvalue weighted by atomic mass is 9.88. The predicted molar refractivity (Wildman–Crippen MR) is 84.5 cm³/mol. The molecule has 3 rings (SSSR count). The highest BCUT2D eigenvalue weighted by Crippen LogP contribution is 2.48. The van der Waals surface area contributed by atoms with Crippen LogP contribution in [0.25, 0.3) is 0 Å². The van der Waals surface area contributed by atoms with Gasteiger partial charge in [-0.2, -0.15) is 0 Å². The first-order valence-electron chi connectivity index (χ1n) is 7.35. The zero-order chi connectivity index (χ0) is 14.3. The molecule has 0 aromatic heterocycles. The number of carbonyl (C=O) groups excluding carboxylic acids is 1. The molecular weight excluding hydrogens is 316 g/mol. The number of nitrogen functional groups attached to an aromatic ring is 1. The zero-order valence-electron chi connectivity index (χ0n) is 11.8. The van der Waals surface area contributed by atoms with E-state index >= 15 is 0 Å². The fraction of sp³-hybridized carbons (Fsp3) is 0.562. The average Bonchev–Trinajstić information content (AvgIpc) is 3.03. The maximum Gasteiger partial charge on any atom is 0.254 e. The summed E-state index contributed by atoms with van der Waals surface area (Å²) in [7, 11) is 1.91. The second-order valence-electron chi connectivity index (χ2n) is 6.33. The summed E-state index contributed by atoms with van der Waals surface area (Å²) < 4.78 is 0.713. The number of anilines is 1. The number of amides is 1. The van der Waals surface area contributed by atoms with Gasteiger partial charge >= 0.3 is 0 Å². The number of carbonyl (C=O) groups is 1. The summed E-state index contributed by atoms with van der Waals surface area (Å²) in [6, 6.07) is 5.47. The number of halogens is 1. The van der Waals surface area contributed by atoms with Gasteiger partial charge in [0.2, 0.25) is 0 Å². The Labute approximate surface area is 128 Å². The van der Waals surface area contributed by atoms with E-state index in [2.05, 4.69) is 15.9 Å². The molecule has 0 spiro atoms. The van der Waals surface area contributed by atoms with Crippen molar-refractivity contribution in [3.05, 3.63) is 28.2 Å². The van der Waals surface area contributed by atoms with Crippen molar-refractivity contribution in [1.82, 2.24) is 4.90 Å².